The van der Waals surface area contributed by atoms with Crippen LogP contribution in [0.15, 0.2) is 11.4 Å². The number of nitrogens with two attached hydrogens (primary N) is 1. The molecule has 11 heavy (non-hydrogen) atoms. The van der Waals surface area contributed by atoms with Crippen molar-refractivity contribution < 1.29 is 9.50 Å². The van der Waals surface area contributed by atoms with Crippen molar-refractivity contribution >= 4 is 11.3 Å². The third-order valence-electron chi connectivity index (χ3n) is 1.49. The molecule has 1 atom stereocenters. The number of aliphatic hydroxyl groups excluding tert-OH is 1. The van der Waals surface area contributed by atoms with Crippen molar-refractivity contribution in [3.8, 4) is 0 Å². The monoisotopic (exact) mass is 175 g/mol. The Bertz CT molecular complexity index is 226. The predicted octanol–water partition coefficient (Wildman–Crippen LogP) is 1.27. The molecule has 0 saturated heterocycles. The van der Waals surface area contributed by atoms with Crippen LogP contribution in [0.25, 0.3) is 0 Å². The summed E-state index contributed by atoms with van der Waals surface area (Å²) in [5.74, 6) is 0. The fourth-order valence-electron chi connectivity index (χ4n) is 0.865. The van der Waals surface area contributed by atoms with E-state index in [0.717, 1.165) is 11.3 Å². The first kappa shape index (κ1) is 8.64. The second-order valence-corrected chi connectivity index (χ2v) is 3.13. The second kappa shape index (κ2) is 3.80. The first-order chi connectivity index (χ1) is 5.25. The van der Waals surface area contributed by atoms with Gasteiger partial charge in [0.15, 0.2) is 5.13 Å². The van der Waals surface area contributed by atoms with Gasteiger partial charge in [0.1, 0.15) is 0 Å². The Morgan fingerprint density at radius 1 is 1.73 bits per heavy atom. The quantitative estimate of drug-likeness (QED) is 0.726. The smallest absolute Gasteiger partial charge is 0.181 e. The lowest BCUT2D eigenvalue weighted by molar-refractivity contribution is 0.276. The van der Waals surface area contributed by atoms with E-state index in [1.54, 1.807) is 11.4 Å². The van der Waals surface area contributed by atoms with Gasteiger partial charge >= 0.3 is 0 Å². The van der Waals surface area contributed by atoms with Gasteiger partial charge in [-0.15, -0.1) is 11.3 Å². The van der Waals surface area contributed by atoms with Crippen LogP contribution in [-0.4, -0.2) is 11.7 Å². The summed E-state index contributed by atoms with van der Waals surface area (Å²) < 4.78 is 12.8. The maximum absolute atomic E-state index is 12.8. The summed E-state index contributed by atoms with van der Waals surface area (Å²) in [4.78, 5) is 0. The van der Waals surface area contributed by atoms with Crippen LogP contribution < -0.4 is 5.73 Å². The maximum Gasteiger partial charge on any atom is 0.181 e. The van der Waals surface area contributed by atoms with Gasteiger partial charge in [-0.25, -0.2) is 0 Å². The molecular formula is C7H10FNOS. The molecule has 0 spiro atoms. The minimum Gasteiger partial charge on any atom is -0.396 e. The largest absolute Gasteiger partial charge is 0.396 e. The molecule has 0 aliphatic rings. The van der Waals surface area contributed by atoms with Crippen molar-refractivity contribution in [3.05, 3.63) is 22.1 Å². The van der Waals surface area contributed by atoms with Gasteiger partial charge in [-0.1, -0.05) is 0 Å². The number of hydrogen-bond acceptors (Lipinski definition) is 3. The average molecular weight is 175 g/mol. The predicted molar refractivity (Wildman–Crippen MR) is 42.9 cm³/mol. The number of hydrogen-bond donors (Lipinski definition) is 2. The van der Waals surface area contributed by atoms with Crippen molar-refractivity contribution in [2.24, 2.45) is 5.73 Å². The van der Waals surface area contributed by atoms with Crippen LogP contribution in [0.3, 0.4) is 0 Å². The molecule has 0 amide bonds. The van der Waals surface area contributed by atoms with Crippen LogP contribution in [0.4, 0.5) is 4.39 Å². The Morgan fingerprint density at radius 3 is 2.91 bits per heavy atom. The number of thiophene rings is 1. The Morgan fingerprint density at radius 2 is 2.45 bits per heavy atom. The van der Waals surface area contributed by atoms with E-state index < -0.39 is 0 Å². The van der Waals surface area contributed by atoms with Gasteiger partial charge in [-0.05, 0) is 17.9 Å². The summed E-state index contributed by atoms with van der Waals surface area (Å²) in [5, 5.41) is 9.94. The Balaban J connectivity index is 2.67. The van der Waals surface area contributed by atoms with E-state index in [4.69, 9.17) is 10.8 Å². The highest BCUT2D eigenvalue weighted by Crippen LogP contribution is 2.21. The van der Waals surface area contributed by atoms with Crippen LogP contribution in [0.1, 0.15) is 18.0 Å². The molecule has 0 saturated carbocycles. The van der Waals surface area contributed by atoms with Gasteiger partial charge < -0.3 is 10.8 Å². The fraction of sp³-hybridized carbons (Fsp3) is 0.429. The van der Waals surface area contributed by atoms with Crippen molar-refractivity contribution in [2.75, 3.05) is 6.61 Å². The van der Waals surface area contributed by atoms with Gasteiger partial charge in [0.2, 0.25) is 0 Å². The van der Waals surface area contributed by atoms with Crippen LogP contribution >= 0.6 is 11.3 Å². The first-order valence-corrected chi connectivity index (χ1v) is 4.23. The third-order valence-corrected chi connectivity index (χ3v) is 2.20. The minimum atomic E-state index is -0.369. The van der Waals surface area contributed by atoms with Crippen molar-refractivity contribution in [2.45, 2.75) is 12.5 Å². The van der Waals surface area contributed by atoms with E-state index in [1.165, 1.54) is 0 Å². The molecule has 0 aromatic carbocycles. The molecule has 0 fully saturated rings. The summed E-state index contributed by atoms with van der Waals surface area (Å²) >= 11 is 1.03. The molecule has 2 nitrogen and oxygen atoms in total. The molecule has 0 radical (unpaired) electrons. The van der Waals surface area contributed by atoms with Crippen molar-refractivity contribution in [1.82, 2.24) is 0 Å². The van der Waals surface area contributed by atoms with Gasteiger partial charge in [0, 0.05) is 18.2 Å². The summed E-state index contributed by atoms with van der Waals surface area (Å²) in [6, 6.07) is 1.28. The zero-order chi connectivity index (χ0) is 8.27. The first-order valence-electron chi connectivity index (χ1n) is 3.35. The van der Waals surface area contributed by atoms with Crippen molar-refractivity contribution in [1.29, 1.82) is 0 Å². The van der Waals surface area contributed by atoms with E-state index in [0.29, 0.717) is 12.0 Å². The molecule has 0 unspecified atom stereocenters. The van der Waals surface area contributed by atoms with E-state index in [9.17, 15) is 4.39 Å². The molecule has 1 heterocycles. The second-order valence-electron chi connectivity index (χ2n) is 2.27. The Kier molecular flexibility index (Phi) is 2.99. The molecule has 62 valence electrons. The Labute approximate surface area is 68.5 Å². The topological polar surface area (TPSA) is 46.2 Å². The summed E-state index contributed by atoms with van der Waals surface area (Å²) in [6.45, 7) is -0.00352. The number of rotatable bonds is 3. The summed E-state index contributed by atoms with van der Waals surface area (Å²) in [5.41, 5.74) is 6.06. The molecule has 1 aromatic rings. The number of aliphatic hydroxyl groups is 1. The molecule has 0 aliphatic heterocycles. The minimum absolute atomic E-state index is 0.00352. The lowest BCUT2D eigenvalue weighted by atomic mass is 10.1. The normalized spacial score (nSPS) is 13.4. The number of halogens is 1. The standard InChI is InChI=1S/C7H10FNOS/c8-7-5(2-4-11-7)6(9)1-3-10/h2,4,6,10H,1,3,9H2/t6-/m0/s1. The van der Waals surface area contributed by atoms with Gasteiger partial charge in [-0.3, -0.25) is 0 Å². The van der Waals surface area contributed by atoms with E-state index >= 15 is 0 Å². The van der Waals surface area contributed by atoms with Crippen LogP contribution in [-0.2, 0) is 0 Å². The van der Waals surface area contributed by atoms with Crippen LogP contribution in [0.5, 0.6) is 0 Å². The molecular weight excluding hydrogens is 165 g/mol. The van der Waals surface area contributed by atoms with E-state index in [1.807, 2.05) is 0 Å². The van der Waals surface area contributed by atoms with E-state index in [2.05, 4.69) is 0 Å². The molecule has 1 rings (SSSR count). The lowest BCUT2D eigenvalue weighted by Gasteiger charge is -2.06. The summed E-state index contributed by atoms with van der Waals surface area (Å²) in [7, 11) is 0. The highest BCUT2D eigenvalue weighted by Gasteiger charge is 2.10. The van der Waals surface area contributed by atoms with Crippen LogP contribution in [0.2, 0.25) is 0 Å². The molecule has 0 bridgehead atoms. The molecule has 0 aliphatic carbocycles. The summed E-state index contributed by atoms with van der Waals surface area (Å²) in [6.07, 6.45) is 0.410. The lowest BCUT2D eigenvalue weighted by Crippen LogP contribution is -2.12. The van der Waals surface area contributed by atoms with Gasteiger partial charge in [0.05, 0.1) is 0 Å². The van der Waals surface area contributed by atoms with E-state index in [-0.39, 0.29) is 17.8 Å². The Hall–Kier alpha value is -0.450. The highest BCUT2D eigenvalue weighted by molar-refractivity contribution is 7.08. The van der Waals surface area contributed by atoms with Crippen LogP contribution in [0, 0.1) is 5.13 Å². The molecule has 4 heteroatoms. The zero-order valence-electron chi connectivity index (χ0n) is 5.96. The SMILES string of the molecule is N[C@@H](CCO)c1ccsc1F. The average Bonchev–Trinajstić information content (AvgIpc) is 2.36. The fourth-order valence-corrected chi connectivity index (χ4v) is 1.55. The van der Waals surface area contributed by atoms with Gasteiger partial charge in [0.25, 0.3) is 0 Å². The zero-order valence-corrected chi connectivity index (χ0v) is 6.77. The molecule has 1 aromatic heterocycles. The highest BCUT2D eigenvalue weighted by atomic mass is 32.1. The van der Waals surface area contributed by atoms with Crippen molar-refractivity contribution in [3.63, 3.8) is 0 Å². The third kappa shape index (κ3) is 1.99. The van der Waals surface area contributed by atoms with Gasteiger partial charge in [-0.2, -0.15) is 4.39 Å². The molecule has 3 N–H and O–H groups in total. The maximum atomic E-state index is 12.8.